The van der Waals surface area contributed by atoms with E-state index in [0.717, 1.165) is 5.69 Å². The quantitative estimate of drug-likeness (QED) is 0.832. The molecule has 7 nitrogen and oxygen atoms in total. The molecule has 2 aromatic rings. The van der Waals surface area contributed by atoms with Gasteiger partial charge in [-0.05, 0) is 38.1 Å². The molecule has 1 aromatic heterocycles. The normalized spacial score (nSPS) is 11.7. The highest BCUT2D eigenvalue weighted by atomic mass is 16.4. The predicted molar refractivity (Wildman–Crippen MR) is 76.0 cm³/mol. The average Bonchev–Trinajstić information content (AvgIpc) is 3.00. The predicted octanol–water partition coefficient (Wildman–Crippen LogP) is 1.63. The number of hydrogen-bond acceptors (Lipinski definition) is 4. The summed E-state index contributed by atoms with van der Waals surface area (Å²) in [5.74, 6) is -1.55. The highest BCUT2D eigenvalue weighted by Gasteiger charge is 2.12. The molecule has 1 amide bonds. The van der Waals surface area contributed by atoms with Crippen molar-refractivity contribution in [2.45, 2.75) is 13.8 Å². The summed E-state index contributed by atoms with van der Waals surface area (Å²) in [5.41, 5.74) is 1.51. The van der Waals surface area contributed by atoms with Gasteiger partial charge in [0.1, 0.15) is 0 Å². The number of carbonyl (C=O) groups excluding carboxylic acids is 1. The number of hydrogen-bond donors (Lipinski definition) is 2. The van der Waals surface area contributed by atoms with E-state index in [1.807, 2.05) is 0 Å². The highest BCUT2D eigenvalue weighted by Crippen LogP contribution is 2.14. The number of aromatic nitrogens is 3. The minimum atomic E-state index is -1.11. The fourth-order valence-corrected chi connectivity index (χ4v) is 1.58. The van der Waals surface area contributed by atoms with Crippen LogP contribution in [-0.4, -0.2) is 32.0 Å². The van der Waals surface area contributed by atoms with Crippen molar-refractivity contribution in [3.05, 3.63) is 47.8 Å². The lowest BCUT2D eigenvalue weighted by Gasteiger charge is -2.07. The van der Waals surface area contributed by atoms with E-state index in [4.69, 9.17) is 5.11 Å². The van der Waals surface area contributed by atoms with Gasteiger partial charge < -0.3 is 10.4 Å². The maximum absolute atomic E-state index is 11.9. The van der Waals surface area contributed by atoms with E-state index >= 15 is 0 Å². The molecule has 0 aliphatic rings. The summed E-state index contributed by atoms with van der Waals surface area (Å²) < 4.78 is 0. The van der Waals surface area contributed by atoms with Crippen LogP contribution in [0.3, 0.4) is 0 Å². The van der Waals surface area contributed by atoms with E-state index in [-0.39, 0.29) is 11.1 Å². The number of carboxylic acid groups (broad SMARTS) is 1. The van der Waals surface area contributed by atoms with E-state index in [1.165, 1.54) is 18.6 Å². The summed E-state index contributed by atoms with van der Waals surface area (Å²) in [6.45, 7) is 2.87. The number of nitrogens with zero attached hydrogens (tertiary/aromatic N) is 3. The second-order valence-corrected chi connectivity index (χ2v) is 4.37. The Morgan fingerprint density at radius 1 is 1.05 bits per heavy atom. The van der Waals surface area contributed by atoms with Gasteiger partial charge in [-0.1, -0.05) is 0 Å². The summed E-state index contributed by atoms with van der Waals surface area (Å²) in [6, 6.07) is 6.89. The Kier molecular flexibility index (Phi) is 4.13. The molecule has 1 heterocycles. The number of carboxylic acids is 1. The van der Waals surface area contributed by atoms with E-state index < -0.39 is 11.9 Å². The maximum atomic E-state index is 11.9. The Morgan fingerprint density at radius 3 is 2.14 bits per heavy atom. The van der Waals surface area contributed by atoms with Crippen molar-refractivity contribution in [1.82, 2.24) is 15.0 Å². The first-order chi connectivity index (χ1) is 9.99. The van der Waals surface area contributed by atoms with Gasteiger partial charge >= 0.3 is 5.97 Å². The van der Waals surface area contributed by atoms with Crippen LogP contribution < -0.4 is 5.32 Å². The lowest BCUT2D eigenvalue weighted by Crippen LogP contribution is -2.16. The Hall–Kier alpha value is -2.96. The highest BCUT2D eigenvalue weighted by molar-refractivity contribution is 6.08. The van der Waals surface area contributed by atoms with E-state index in [2.05, 4.69) is 15.5 Å². The van der Waals surface area contributed by atoms with Gasteiger partial charge in [0, 0.05) is 16.8 Å². The van der Waals surface area contributed by atoms with Gasteiger partial charge in [-0.25, -0.2) is 4.79 Å². The van der Waals surface area contributed by atoms with E-state index in [1.54, 1.807) is 36.7 Å². The lowest BCUT2D eigenvalue weighted by atomic mass is 10.1. The van der Waals surface area contributed by atoms with Crippen LogP contribution in [0, 0.1) is 0 Å². The van der Waals surface area contributed by atoms with Crippen molar-refractivity contribution in [2.24, 2.45) is 0 Å². The van der Waals surface area contributed by atoms with Crippen molar-refractivity contribution < 1.29 is 14.7 Å². The van der Waals surface area contributed by atoms with Crippen LogP contribution in [0.25, 0.3) is 5.69 Å². The SMILES string of the molecule is CC(C(=O)O)=C(C)C(=O)Nc1ccc(-n2nccn2)cc1. The van der Waals surface area contributed by atoms with E-state index in [9.17, 15) is 9.59 Å². The number of anilines is 1. The van der Waals surface area contributed by atoms with Crippen LogP contribution in [0.15, 0.2) is 47.8 Å². The first-order valence-electron chi connectivity index (χ1n) is 6.18. The topological polar surface area (TPSA) is 97.1 Å². The van der Waals surface area contributed by atoms with Crippen molar-refractivity contribution in [3.8, 4) is 5.69 Å². The second-order valence-electron chi connectivity index (χ2n) is 4.37. The largest absolute Gasteiger partial charge is 0.478 e. The molecule has 7 heteroatoms. The van der Waals surface area contributed by atoms with Gasteiger partial charge in [0.2, 0.25) is 0 Å². The zero-order valence-corrected chi connectivity index (χ0v) is 11.6. The number of nitrogens with one attached hydrogen (secondary N) is 1. The van der Waals surface area contributed by atoms with Gasteiger partial charge in [-0.3, -0.25) is 4.79 Å². The number of amides is 1. The summed E-state index contributed by atoms with van der Waals surface area (Å²) in [7, 11) is 0. The average molecular weight is 286 g/mol. The third-order valence-corrected chi connectivity index (χ3v) is 3.00. The number of carbonyl (C=O) groups is 2. The van der Waals surface area contributed by atoms with Crippen LogP contribution >= 0.6 is 0 Å². The summed E-state index contributed by atoms with van der Waals surface area (Å²) in [6.07, 6.45) is 3.14. The number of aliphatic carboxylic acids is 1. The van der Waals surface area contributed by atoms with Crippen LogP contribution in [0.5, 0.6) is 0 Å². The van der Waals surface area contributed by atoms with Crippen LogP contribution in [0.4, 0.5) is 5.69 Å². The Labute approximate surface area is 120 Å². The van der Waals surface area contributed by atoms with Crippen molar-refractivity contribution >= 4 is 17.6 Å². The molecule has 1 aromatic carbocycles. The van der Waals surface area contributed by atoms with Gasteiger partial charge in [-0.2, -0.15) is 15.0 Å². The molecule has 0 aliphatic carbocycles. The van der Waals surface area contributed by atoms with Gasteiger partial charge in [0.05, 0.1) is 18.1 Å². The standard InChI is InChI=1S/C14H14N4O3/c1-9(10(2)14(20)21)13(19)17-11-3-5-12(6-4-11)18-15-7-8-16-18/h3-8H,1-2H3,(H,17,19)(H,20,21). The van der Waals surface area contributed by atoms with E-state index in [0.29, 0.717) is 5.69 Å². The molecule has 2 rings (SSSR count). The molecule has 0 atom stereocenters. The molecular weight excluding hydrogens is 272 g/mol. The molecule has 0 saturated carbocycles. The zero-order chi connectivity index (χ0) is 15.4. The molecule has 0 spiro atoms. The molecule has 0 saturated heterocycles. The second kappa shape index (κ2) is 6.00. The van der Waals surface area contributed by atoms with Gasteiger partial charge in [-0.15, -0.1) is 0 Å². The lowest BCUT2D eigenvalue weighted by molar-refractivity contribution is -0.133. The Balaban J connectivity index is 2.12. The minimum Gasteiger partial charge on any atom is -0.478 e. The van der Waals surface area contributed by atoms with Crippen molar-refractivity contribution in [2.75, 3.05) is 5.32 Å². The molecule has 21 heavy (non-hydrogen) atoms. The Morgan fingerprint density at radius 2 is 1.62 bits per heavy atom. The first kappa shape index (κ1) is 14.4. The summed E-state index contributed by atoms with van der Waals surface area (Å²) >= 11 is 0. The molecule has 0 radical (unpaired) electrons. The number of rotatable bonds is 4. The smallest absolute Gasteiger partial charge is 0.331 e. The maximum Gasteiger partial charge on any atom is 0.331 e. The molecule has 0 unspecified atom stereocenters. The Bertz CT molecular complexity index is 688. The monoisotopic (exact) mass is 286 g/mol. The molecule has 0 aliphatic heterocycles. The third-order valence-electron chi connectivity index (χ3n) is 3.00. The van der Waals surface area contributed by atoms with Gasteiger partial charge in [0.25, 0.3) is 5.91 Å². The van der Waals surface area contributed by atoms with Crippen LogP contribution in [0.1, 0.15) is 13.8 Å². The fraction of sp³-hybridized carbons (Fsp3) is 0.143. The number of benzene rings is 1. The first-order valence-corrected chi connectivity index (χ1v) is 6.18. The fourth-order valence-electron chi connectivity index (χ4n) is 1.58. The van der Waals surface area contributed by atoms with Crippen LogP contribution in [-0.2, 0) is 9.59 Å². The zero-order valence-electron chi connectivity index (χ0n) is 11.6. The third kappa shape index (κ3) is 3.33. The molecule has 108 valence electrons. The minimum absolute atomic E-state index is 0.0184. The molecule has 0 fully saturated rings. The van der Waals surface area contributed by atoms with Crippen molar-refractivity contribution in [3.63, 3.8) is 0 Å². The summed E-state index contributed by atoms with van der Waals surface area (Å²) in [5, 5.41) is 19.5. The van der Waals surface area contributed by atoms with Crippen molar-refractivity contribution in [1.29, 1.82) is 0 Å². The summed E-state index contributed by atoms with van der Waals surface area (Å²) in [4.78, 5) is 24.2. The molecular formula is C14H14N4O3. The van der Waals surface area contributed by atoms with Gasteiger partial charge in [0.15, 0.2) is 0 Å². The molecule has 0 bridgehead atoms. The molecule has 2 N–H and O–H groups in total. The van der Waals surface area contributed by atoms with Crippen LogP contribution in [0.2, 0.25) is 0 Å².